The van der Waals surface area contributed by atoms with Crippen molar-refractivity contribution in [2.75, 3.05) is 0 Å². The zero-order chi connectivity index (χ0) is 10.6. The minimum absolute atomic E-state index is 0.0458. The lowest BCUT2D eigenvalue weighted by Crippen LogP contribution is -1.97. The molecule has 76 valence electrons. The number of carbonyl (C=O) groups excluding carboxylic acids is 1. The normalized spacial score (nSPS) is 12.4. The molecule has 0 aliphatic rings. The lowest BCUT2D eigenvalue weighted by atomic mass is 10.2. The maximum Gasteiger partial charge on any atom is 0.150 e. The highest BCUT2D eigenvalue weighted by Gasteiger charge is 2.01. The van der Waals surface area contributed by atoms with Crippen LogP contribution >= 0.6 is 15.9 Å². The first kappa shape index (κ1) is 11.5. The minimum atomic E-state index is -2.52. The predicted octanol–water partition coefficient (Wildman–Crippen LogP) is 1.57. The van der Waals surface area contributed by atoms with Crippen molar-refractivity contribution in [3.05, 3.63) is 33.8 Å². The van der Waals surface area contributed by atoms with Gasteiger partial charge in [0, 0.05) is 10.0 Å². The molecule has 0 heterocycles. The summed E-state index contributed by atoms with van der Waals surface area (Å²) in [5, 5.41) is 0. The second kappa shape index (κ2) is 5.35. The molecule has 1 unspecified atom stereocenters. The molecule has 1 aromatic carbocycles. The molecule has 0 aliphatic heterocycles. The number of hydrogen-bond donors (Lipinski definition) is 0. The first-order chi connectivity index (χ1) is 6.63. The lowest BCUT2D eigenvalue weighted by molar-refractivity contribution is 0.112. The van der Waals surface area contributed by atoms with Crippen molar-refractivity contribution in [3.8, 4) is 0 Å². The summed E-state index contributed by atoms with van der Waals surface area (Å²) in [4.78, 5) is 10.4. The highest BCUT2D eigenvalue weighted by atomic mass is 79.9. The van der Waals surface area contributed by atoms with Crippen LogP contribution in [-0.2, 0) is 22.2 Å². The van der Waals surface area contributed by atoms with Gasteiger partial charge in [-0.1, -0.05) is 28.1 Å². The van der Waals surface area contributed by atoms with E-state index < -0.39 is 11.4 Å². The van der Waals surface area contributed by atoms with Crippen molar-refractivity contribution in [2.24, 2.45) is 0 Å². The molecular formula is C8H6BrO4S-. The summed E-state index contributed by atoms with van der Waals surface area (Å²) in [6, 6.07) is 4.81. The third-order valence-corrected chi connectivity index (χ3v) is 2.57. The number of halogens is 1. The molecule has 0 bridgehead atoms. The van der Waals surface area contributed by atoms with Gasteiger partial charge < -0.3 is 4.55 Å². The van der Waals surface area contributed by atoms with Gasteiger partial charge in [-0.25, -0.2) is 4.21 Å². The third kappa shape index (κ3) is 3.30. The summed E-state index contributed by atoms with van der Waals surface area (Å²) < 4.78 is 25.3. The fourth-order valence-corrected chi connectivity index (χ4v) is 1.60. The van der Waals surface area contributed by atoms with E-state index in [1.54, 1.807) is 18.2 Å². The van der Waals surface area contributed by atoms with E-state index in [-0.39, 0.29) is 6.61 Å². The summed E-state index contributed by atoms with van der Waals surface area (Å²) in [5.74, 6) is 0. The van der Waals surface area contributed by atoms with Crippen molar-refractivity contribution in [1.82, 2.24) is 0 Å². The third-order valence-electron chi connectivity index (χ3n) is 1.52. The Bertz CT molecular complexity index is 366. The number of rotatable bonds is 4. The molecule has 1 aromatic rings. The van der Waals surface area contributed by atoms with Crippen LogP contribution in [-0.4, -0.2) is 15.0 Å². The fraction of sp³-hybridized carbons (Fsp3) is 0.125. The van der Waals surface area contributed by atoms with Crippen LogP contribution in [0.1, 0.15) is 15.9 Å². The highest BCUT2D eigenvalue weighted by Crippen LogP contribution is 2.18. The van der Waals surface area contributed by atoms with Crippen LogP contribution in [0.3, 0.4) is 0 Å². The van der Waals surface area contributed by atoms with E-state index in [9.17, 15) is 13.6 Å². The number of benzene rings is 1. The van der Waals surface area contributed by atoms with Crippen LogP contribution in [0.15, 0.2) is 22.7 Å². The molecule has 0 amide bonds. The molecule has 14 heavy (non-hydrogen) atoms. The van der Waals surface area contributed by atoms with Crippen LogP contribution in [0, 0.1) is 0 Å². The Balaban J connectivity index is 2.78. The quantitative estimate of drug-likeness (QED) is 0.619. The van der Waals surface area contributed by atoms with Gasteiger partial charge in [0.2, 0.25) is 0 Å². The lowest BCUT2D eigenvalue weighted by Gasteiger charge is -2.07. The van der Waals surface area contributed by atoms with Gasteiger partial charge in [-0.3, -0.25) is 8.98 Å². The van der Waals surface area contributed by atoms with Crippen LogP contribution in [0.5, 0.6) is 0 Å². The van der Waals surface area contributed by atoms with Gasteiger partial charge in [-0.05, 0) is 11.6 Å². The second-order valence-electron chi connectivity index (χ2n) is 2.44. The SMILES string of the molecule is O=Cc1ccc(COS(=O)[O-])c(Br)c1. The van der Waals surface area contributed by atoms with Gasteiger partial charge in [-0.15, -0.1) is 0 Å². The minimum Gasteiger partial charge on any atom is -0.750 e. The average molecular weight is 278 g/mol. The average Bonchev–Trinajstić information content (AvgIpc) is 2.15. The molecule has 0 spiro atoms. The van der Waals surface area contributed by atoms with Crippen molar-refractivity contribution in [2.45, 2.75) is 6.61 Å². The molecule has 0 radical (unpaired) electrons. The first-order valence-electron chi connectivity index (χ1n) is 3.59. The van der Waals surface area contributed by atoms with Gasteiger partial charge in [0.15, 0.2) is 0 Å². The Kier molecular flexibility index (Phi) is 4.40. The molecule has 0 fully saturated rings. The Morgan fingerprint density at radius 3 is 2.79 bits per heavy atom. The Morgan fingerprint density at radius 2 is 2.29 bits per heavy atom. The number of carbonyl (C=O) groups is 1. The second-order valence-corrected chi connectivity index (χ2v) is 3.93. The molecule has 6 heteroatoms. The van der Waals surface area contributed by atoms with Gasteiger partial charge in [-0.2, -0.15) is 0 Å². The van der Waals surface area contributed by atoms with Gasteiger partial charge in [0.25, 0.3) is 0 Å². The van der Waals surface area contributed by atoms with Gasteiger partial charge in [0.1, 0.15) is 6.29 Å². The van der Waals surface area contributed by atoms with Gasteiger partial charge >= 0.3 is 0 Å². The summed E-state index contributed by atoms with van der Waals surface area (Å²) in [7, 11) is 0. The van der Waals surface area contributed by atoms with E-state index in [2.05, 4.69) is 20.1 Å². The summed E-state index contributed by atoms with van der Waals surface area (Å²) in [6.45, 7) is -0.0458. The Hall–Kier alpha value is -0.560. The standard InChI is InChI=1S/C8H7BrO4S/c9-8-3-6(4-10)1-2-7(8)5-13-14(11)12/h1-4H,5H2,(H,11,12)/p-1. The molecule has 0 aromatic heterocycles. The van der Waals surface area contributed by atoms with Crippen LogP contribution in [0.2, 0.25) is 0 Å². The van der Waals surface area contributed by atoms with E-state index in [4.69, 9.17) is 0 Å². The van der Waals surface area contributed by atoms with E-state index in [0.717, 1.165) is 0 Å². The molecule has 0 saturated heterocycles. The maximum atomic E-state index is 10.4. The smallest absolute Gasteiger partial charge is 0.150 e. The first-order valence-corrected chi connectivity index (χ1v) is 5.39. The predicted molar refractivity (Wildman–Crippen MR) is 53.2 cm³/mol. The zero-order valence-electron chi connectivity index (χ0n) is 6.94. The van der Waals surface area contributed by atoms with Crippen molar-refractivity contribution in [1.29, 1.82) is 0 Å². The zero-order valence-corrected chi connectivity index (χ0v) is 9.34. The van der Waals surface area contributed by atoms with Gasteiger partial charge in [0.05, 0.1) is 18.0 Å². The van der Waals surface area contributed by atoms with Crippen LogP contribution in [0.4, 0.5) is 0 Å². The molecule has 1 rings (SSSR count). The van der Waals surface area contributed by atoms with E-state index in [1.165, 1.54) is 0 Å². The Morgan fingerprint density at radius 1 is 1.57 bits per heavy atom. The summed E-state index contributed by atoms with van der Waals surface area (Å²) in [5.41, 5.74) is 1.18. The summed E-state index contributed by atoms with van der Waals surface area (Å²) >= 11 is 0.676. The largest absolute Gasteiger partial charge is 0.750 e. The molecule has 4 nitrogen and oxygen atoms in total. The Labute approximate surface area is 91.9 Å². The molecule has 0 N–H and O–H groups in total. The summed E-state index contributed by atoms with van der Waals surface area (Å²) in [6.07, 6.45) is 0.709. The van der Waals surface area contributed by atoms with Crippen molar-refractivity contribution >= 4 is 33.6 Å². The maximum absolute atomic E-state index is 10.4. The number of hydrogen-bond acceptors (Lipinski definition) is 4. The van der Waals surface area contributed by atoms with E-state index in [0.29, 0.717) is 21.9 Å². The highest BCUT2D eigenvalue weighted by molar-refractivity contribution is 9.10. The molecular weight excluding hydrogens is 272 g/mol. The van der Waals surface area contributed by atoms with E-state index in [1.807, 2.05) is 0 Å². The topological polar surface area (TPSA) is 66.4 Å². The number of aldehydes is 1. The molecule has 0 aliphatic carbocycles. The molecule has 0 saturated carbocycles. The monoisotopic (exact) mass is 277 g/mol. The van der Waals surface area contributed by atoms with Crippen LogP contribution < -0.4 is 0 Å². The van der Waals surface area contributed by atoms with E-state index >= 15 is 0 Å². The fourth-order valence-electron chi connectivity index (χ4n) is 0.866. The van der Waals surface area contributed by atoms with Crippen molar-refractivity contribution < 1.29 is 17.7 Å². The van der Waals surface area contributed by atoms with Crippen LogP contribution in [0.25, 0.3) is 0 Å². The molecule has 1 atom stereocenters. The van der Waals surface area contributed by atoms with Crippen molar-refractivity contribution in [3.63, 3.8) is 0 Å².